The molecule has 7 nitrogen and oxygen atoms in total. The van der Waals surface area contributed by atoms with E-state index in [1.54, 1.807) is 31.2 Å². The third-order valence-corrected chi connectivity index (χ3v) is 3.46. The molecule has 0 fully saturated rings. The Balaban J connectivity index is 2.74. The molecule has 138 valence electrons. The number of rotatable bonds is 5. The Hall–Kier alpha value is -1.48. The number of amides is 2. The molecule has 1 atom stereocenters. The Kier molecular flexibility index (Phi) is 8.51. The van der Waals surface area contributed by atoms with E-state index in [0.717, 1.165) is 0 Å². The molecule has 11 heteroatoms. The maximum atomic E-state index is 11.5. The lowest BCUT2D eigenvalue weighted by atomic mass is 10.3. The summed E-state index contributed by atoms with van der Waals surface area (Å²) < 4.78 is 2.87. The zero-order valence-corrected chi connectivity index (χ0v) is 16.4. The van der Waals surface area contributed by atoms with E-state index in [0.29, 0.717) is 11.4 Å². The molecule has 0 heterocycles. The number of carbonyl (C=O) groups excluding carboxylic acids is 2. The Morgan fingerprint density at radius 1 is 1.20 bits per heavy atom. The second-order valence-electron chi connectivity index (χ2n) is 4.70. The first-order valence-electron chi connectivity index (χ1n) is 7.07. The third-order valence-electron chi connectivity index (χ3n) is 2.58. The normalized spacial score (nSPS) is 11.9. The first-order chi connectivity index (χ1) is 11.6. The minimum Gasteiger partial charge on any atom is -0.450 e. The summed E-state index contributed by atoms with van der Waals surface area (Å²) in [4.78, 5) is 22.6. The molecule has 0 aliphatic carbocycles. The van der Waals surface area contributed by atoms with Gasteiger partial charge in [-0.25, -0.2) is 4.79 Å². The SMILES string of the molecule is CCOC(=O)NC(NC(=S)Nc1cccc(NC(C)=O)c1)C(Cl)(Cl)Cl. The summed E-state index contributed by atoms with van der Waals surface area (Å²) in [5, 5.41) is 10.6. The van der Waals surface area contributed by atoms with E-state index in [9.17, 15) is 9.59 Å². The summed E-state index contributed by atoms with van der Waals surface area (Å²) in [5.74, 6) is -0.201. The lowest BCUT2D eigenvalue weighted by Crippen LogP contribution is -2.56. The molecule has 0 spiro atoms. The average Bonchev–Trinajstić information content (AvgIpc) is 2.45. The van der Waals surface area contributed by atoms with Crippen LogP contribution in [0, 0.1) is 0 Å². The molecule has 1 aromatic rings. The van der Waals surface area contributed by atoms with Crippen LogP contribution >= 0.6 is 47.0 Å². The van der Waals surface area contributed by atoms with Crippen LogP contribution < -0.4 is 21.3 Å². The fourth-order valence-electron chi connectivity index (χ4n) is 1.67. The molecule has 4 N–H and O–H groups in total. The number of anilines is 2. The van der Waals surface area contributed by atoms with Crippen LogP contribution in [0.25, 0.3) is 0 Å². The highest BCUT2D eigenvalue weighted by Gasteiger charge is 2.35. The number of alkyl carbamates (subject to hydrolysis) is 1. The quantitative estimate of drug-likeness (QED) is 0.327. The van der Waals surface area contributed by atoms with Gasteiger partial charge in [0.05, 0.1) is 6.61 Å². The molecule has 0 bridgehead atoms. The summed E-state index contributed by atoms with van der Waals surface area (Å²) in [6.45, 7) is 3.21. The lowest BCUT2D eigenvalue weighted by molar-refractivity contribution is -0.114. The van der Waals surface area contributed by atoms with Crippen LogP contribution in [0.4, 0.5) is 16.2 Å². The Labute approximate surface area is 165 Å². The molecular weight excluding hydrogens is 411 g/mol. The third kappa shape index (κ3) is 8.44. The van der Waals surface area contributed by atoms with Crippen LogP contribution in [0.3, 0.4) is 0 Å². The fraction of sp³-hybridized carbons (Fsp3) is 0.357. The van der Waals surface area contributed by atoms with Gasteiger partial charge in [0, 0.05) is 18.3 Å². The van der Waals surface area contributed by atoms with E-state index in [4.69, 9.17) is 51.8 Å². The van der Waals surface area contributed by atoms with Crippen molar-refractivity contribution in [1.82, 2.24) is 10.6 Å². The van der Waals surface area contributed by atoms with Gasteiger partial charge in [-0.3, -0.25) is 10.1 Å². The van der Waals surface area contributed by atoms with Crippen LogP contribution in [0.5, 0.6) is 0 Å². The summed E-state index contributed by atoms with van der Waals surface area (Å²) in [7, 11) is 0. The maximum absolute atomic E-state index is 11.5. The predicted molar refractivity (Wildman–Crippen MR) is 104 cm³/mol. The molecule has 1 rings (SSSR count). The van der Waals surface area contributed by atoms with Gasteiger partial charge in [0.2, 0.25) is 9.70 Å². The molecule has 2 amide bonds. The second-order valence-corrected chi connectivity index (χ2v) is 7.48. The van der Waals surface area contributed by atoms with Crippen molar-refractivity contribution in [2.45, 2.75) is 23.8 Å². The summed E-state index contributed by atoms with van der Waals surface area (Å²) in [6.07, 6.45) is -1.89. The topological polar surface area (TPSA) is 91.5 Å². The van der Waals surface area contributed by atoms with Crippen molar-refractivity contribution in [2.75, 3.05) is 17.2 Å². The van der Waals surface area contributed by atoms with Crippen molar-refractivity contribution in [2.24, 2.45) is 0 Å². The predicted octanol–water partition coefficient (Wildman–Crippen LogP) is 3.37. The molecule has 0 aliphatic heterocycles. The van der Waals surface area contributed by atoms with Gasteiger partial charge < -0.3 is 20.7 Å². The molecule has 1 aromatic carbocycles. The van der Waals surface area contributed by atoms with Gasteiger partial charge in [-0.1, -0.05) is 40.9 Å². The zero-order valence-electron chi connectivity index (χ0n) is 13.4. The highest BCUT2D eigenvalue weighted by Crippen LogP contribution is 2.29. The zero-order chi connectivity index (χ0) is 19.0. The van der Waals surface area contributed by atoms with Gasteiger partial charge in [0.25, 0.3) is 0 Å². The number of nitrogens with one attached hydrogen (secondary N) is 4. The number of carbonyl (C=O) groups is 2. The van der Waals surface area contributed by atoms with Crippen molar-refractivity contribution in [3.05, 3.63) is 24.3 Å². The molecule has 0 saturated heterocycles. The number of hydrogen-bond acceptors (Lipinski definition) is 4. The number of alkyl halides is 3. The van der Waals surface area contributed by atoms with E-state index in [1.807, 2.05) is 0 Å². The van der Waals surface area contributed by atoms with Crippen LogP contribution in [0.1, 0.15) is 13.8 Å². The van der Waals surface area contributed by atoms with Crippen LogP contribution in [0.2, 0.25) is 0 Å². The Morgan fingerprint density at radius 3 is 2.32 bits per heavy atom. The standard InChI is InChI=1S/C14H17Cl3N4O3S/c1-3-24-13(23)21-11(14(15,16)17)20-12(25)19-10-6-4-5-9(7-10)18-8(2)22/h4-7,11H,3H2,1-2H3,(H,18,22)(H,21,23)(H2,19,20,25). The molecular formula is C14H17Cl3N4O3S. The molecule has 0 aromatic heterocycles. The summed E-state index contributed by atoms with van der Waals surface area (Å²) >= 11 is 22.7. The molecule has 0 saturated carbocycles. The minimum atomic E-state index is -1.88. The lowest BCUT2D eigenvalue weighted by Gasteiger charge is -2.27. The van der Waals surface area contributed by atoms with Gasteiger partial charge in [-0.05, 0) is 37.3 Å². The van der Waals surface area contributed by atoms with Gasteiger partial charge in [-0.15, -0.1) is 0 Å². The van der Waals surface area contributed by atoms with Crippen molar-refractivity contribution < 1.29 is 14.3 Å². The Bertz CT molecular complexity index is 640. The summed E-state index contributed by atoms with van der Waals surface area (Å²) in [5.41, 5.74) is 1.17. The van der Waals surface area contributed by atoms with E-state index in [2.05, 4.69) is 21.3 Å². The molecule has 1 unspecified atom stereocenters. The summed E-state index contributed by atoms with van der Waals surface area (Å²) in [6, 6.07) is 6.83. The van der Waals surface area contributed by atoms with Crippen LogP contribution in [-0.2, 0) is 9.53 Å². The van der Waals surface area contributed by atoms with Gasteiger partial charge >= 0.3 is 6.09 Å². The van der Waals surface area contributed by atoms with E-state index < -0.39 is 16.1 Å². The maximum Gasteiger partial charge on any atom is 0.408 e. The number of halogens is 3. The number of ether oxygens (including phenoxy) is 1. The van der Waals surface area contributed by atoms with Crippen molar-refractivity contribution in [3.63, 3.8) is 0 Å². The highest BCUT2D eigenvalue weighted by molar-refractivity contribution is 7.80. The van der Waals surface area contributed by atoms with E-state index in [-0.39, 0.29) is 17.6 Å². The van der Waals surface area contributed by atoms with Gasteiger partial charge in [0.1, 0.15) is 0 Å². The van der Waals surface area contributed by atoms with E-state index >= 15 is 0 Å². The van der Waals surface area contributed by atoms with Crippen molar-refractivity contribution in [1.29, 1.82) is 0 Å². The van der Waals surface area contributed by atoms with Crippen LogP contribution in [0.15, 0.2) is 24.3 Å². The first kappa shape index (κ1) is 21.6. The molecule has 25 heavy (non-hydrogen) atoms. The number of benzene rings is 1. The van der Waals surface area contributed by atoms with Crippen LogP contribution in [-0.4, -0.2) is 33.7 Å². The average molecular weight is 428 g/mol. The van der Waals surface area contributed by atoms with Gasteiger partial charge in [0.15, 0.2) is 11.3 Å². The van der Waals surface area contributed by atoms with E-state index in [1.165, 1.54) is 6.92 Å². The molecule has 0 radical (unpaired) electrons. The van der Waals surface area contributed by atoms with Crippen molar-refractivity contribution >= 4 is 75.5 Å². The molecule has 0 aliphatic rings. The van der Waals surface area contributed by atoms with Crippen molar-refractivity contribution in [3.8, 4) is 0 Å². The number of hydrogen-bond donors (Lipinski definition) is 4. The van der Waals surface area contributed by atoms with Gasteiger partial charge in [-0.2, -0.15) is 0 Å². The highest BCUT2D eigenvalue weighted by atomic mass is 35.6. The number of thiocarbonyl (C=S) groups is 1. The largest absolute Gasteiger partial charge is 0.450 e. The smallest absolute Gasteiger partial charge is 0.408 e. The first-order valence-corrected chi connectivity index (χ1v) is 8.61. The second kappa shape index (κ2) is 9.86. The fourth-order valence-corrected chi connectivity index (χ4v) is 2.23. The Morgan fingerprint density at radius 2 is 1.80 bits per heavy atom. The minimum absolute atomic E-state index is 0.0908. The monoisotopic (exact) mass is 426 g/mol.